The van der Waals surface area contributed by atoms with Gasteiger partial charge in [0, 0.05) is 52.9 Å². The number of sulfone groups is 1. The van der Waals surface area contributed by atoms with Crippen LogP contribution in [0.5, 0.6) is 5.75 Å². The van der Waals surface area contributed by atoms with Gasteiger partial charge in [-0.25, -0.2) is 8.42 Å². The van der Waals surface area contributed by atoms with Gasteiger partial charge in [0.1, 0.15) is 12.4 Å². The van der Waals surface area contributed by atoms with Gasteiger partial charge in [0.25, 0.3) is 0 Å². The van der Waals surface area contributed by atoms with Gasteiger partial charge in [-0.15, -0.1) is 0 Å². The summed E-state index contributed by atoms with van der Waals surface area (Å²) >= 11 is 0. The molecule has 12 heteroatoms. The highest BCUT2D eigenvalue weighted by atomic mass is 32.2. The molecule has 1 fully saturated rings. The Morgan fingerprint density at radius 2 is 1.72 bits per heavy atom. The van der Waals surface area contributed by atoms with Gasteiger partial charge in [-0.2, -0.15) is 0 Å². The average Bonchev–Trinajstić information content (AvgIpc) is 3.18. The highest BCUT2D eigenvalue weighted by Crippen LogP contribution is 2.38. The summed E-state index contributed by atoms with van der Waals surface area (Å²) in [4.78, 5) is 15.9. The van der Waals surface area contributed by atoms with Crippen molar-refractivity contribution >= 4 is 21.4 Å². The van der Waals surface area contributed by atoms with Gasteiger partial charge in [-0.1, -0.05) is 55.0 Å². The number of piperidine rings is 1. The van der Waals surface area contributed by atoms with Gasteiger partial charge in [0.15, 0.2) is 9.84 Å². The molecule has 2 aliphatic rings. The Kier molecular flexibility index (Phi) is 15.1. The standard InChI is InChI=1S/C41H57N3O8S/c1-6-34(41(45)42-3)40(53(46,47)33-15-8-29(2)9-16-33)36-25-35(32-13-10-30(11-14-32)27-50-23-22-49-5)39(26-43-36)52-28-31-12-17-38-37(24-31)44(19-21-51-38)18-7-20-48-4/h8-17,24,34-36,39-40,43H,6-7,18-23,25-28H2,1-5H3,(H,42,45)/t34?,35-,36-,39+,40?/m1/s1. The van der Waals surface area contributed by atoms with Gasteiger partial charge in [0.2, 0.25) is 5.91 Å². The lowest BCUT2D eigenvalue weighted by molar-refractivity contribution is -0.125. The molecular weight excluding hydrogens is 695 g/mol. The molecule has 1 amide bonds. The van der Waals surface area contributed by atoms with E-state index in [-0.39, 0.29) is 22.8 Å². The Hall–Kier alpha value is -3.52. The molecule has 0 spiro atoms. The van der Waals surface area contributed by atoms with E-state index < -0.39 is 27.0 Å². The monoisotopic (exact) mass is 751 g/mol. The lowest BCUT2D eigenvalue weighted by atomic mass is 9.80. The molecule has 0 radical (unpaired) electrons. The van der Waals surface area contributed by atoms with E-state index in [2.05, 4.69) is 45.9 Å². The van der Waals surface area contributed by atoms with Crippen molar-refractivity contribution in [1.82, 2.24) is 10.6 Å². The lowest BCUT2D eigenvalue weighted by Crippen LogP contribution is -2.57. The molecule has 290 valence electrons. The third kappa shape index (κ3) is 10.4. The van der Waals surface area contributed by atoms with Crippen molar-refractivity contribution in [1.29, 1.82) is 0 Å². The molecule has 0 aliphatic carbocycles. The summed E-state index contributed by atoms with van der Waals surface area (Å²) in [6.07, 6.45) is 1.50. The molecule has 0 bridgehead atoms. The number of hydrogen-bond donors (Lipinski definition) is 2. The molecule has 2 N–H and O–H groups in total. The van der Waals surface area contributed by atoms with E-state index in [1.165, 1.54) is 0 Å². The van der Waals surface area contributed by atoms with E-state index in [0.717, 1.165) is 53.2 Å². The maximum Gasteiger partial charge on any atom is 0.224 e. The van der Waals surface area contributed by atoms with Crippen LogP contribution < -0.4 is 20.3 Å². The van der Waals surface area contributed by atoms with E-state index in [1.54, 1.807) is 45.5 Å². The van der Waals surface area contributed by atoms with Crippen LogP contribution in [0, 0.1) is 12.8 Å². The maximum atomic E-state index is 14.5. The van der Waals surface area contributed by atoms with Gasteiger partial charge in [0.05, 0.1) is 60.8 Å². The molecule has 5 atom stereocenters. The van der Waals surface area contributed by atoms with Crippen LogP contribution in [0.3, 0.4) is 0 Å². The fraction of sp³-hybridized carbons (Fsp3) is 0.537. The van der Waals surface area contributed by atoms with Crippen LogP contribution in [-0.2, 0) is 46.8 Å². The van der Waals surface area contributed by atoms with E-state index >= 15 is 0 Å². The largest absolute Gasteiger partial charge is 0.490 e. The second-order valence-corrected chi connectivity index (χ2v) is 16.0. The SMILES string of the molecule is CCC(C(=O)NC)C([C@H]1C[C@H](c2ccc(COCCOC)cc2)[C@@H](OCc2ccc3c(c2)N(CCCOC)CCO3)CN1)S(=O)(=O)c1ccc(C)cc1. The van der Waals surface area contributed by atoms with Crippen LogP contribution in [0.25, 0.3) is 0 Å². The molecule has 3 aromatic rings. The van der Waals surface area contributed by atoms with Crippen LogP contribution in [0.2, 0.25) is 0 Å². The Morgan fingerprint density at radius 3 is 2.42 bits per heavy atom. The van der Waals surface area contributed by atoms with E-state index in [9.17, 15) is 13.2 Å². The molecule has 2 heterocycles. The summed E-state index contributed by atoms with van der Waals surface area (Å²) in [6, 6.07) is 20.9. The summed E-state index contributed by atoms with van der Waals surface area (Å²) in [5.41, 5.74) is 5.13. The first kappa shape index (κ1) is 40.7. The molecule has 2 aliphatic heterocycles. The maximum absolute atomic E-state index is 14.5. The van der Waals surface area contributed by atoms with E-state index in [1.807, 2.05) is 26.0 Å². The van der Waals surface area contributed by atoms with Crippen molar-refractivity contribution in [2.24, 2.45) is 5.92 Å². The van der Waals surface area contributed by atoms with Crippen molar-refractivity contribution in [2.45, 2.75) is 74.5 Å². The van der Waals surface area contributed by atoms with Crippen LogP contribution in [0.4, 0.5) is 5.69 Å². The zero-order valence-corrected chi connectivity index (χ0v) is 32.7. The predicted octanol–water partition coefficient (Wildman–Crippen LogP) is 5.04. The van der Waals surface area contributed by atoms with Crippen molar-refractivity contribution in [2.75, 3.05) is 72.2 Å². The Labute approximate surface area is 315 Å². The summed E-state index contributed by atoms with van der Waals surface area (Å²) < 4.78 is 57.9. The number of nitrogens with zero attached hydrogens (tertiary/aromatic N) is 1. The number of carbonyl (C=O) groups excluding carboxylic acids is 1. The number of methoxy groups -OCH3 is 2. The first-order chi connectivity index (χ1) is 25.7. The molecule has 11 nitrogen and oxygen atoms in total. The summed E-state index contributed by atoms with van der Waals surface area (Å²) in [6.45, 7) is 9.11. The summed E-state index contributed by atoms with van der Waals surface area (Å²) in [7, 11) is 1.01. The fourth-order valence-electron chi connectivity index (χ4n) is 7.48. The molecule has 53 heavy (non-hydrogen) atoms. The highest BCUT2D eigenvalue weighted by molar-refractivity contribution is 7.92. The quantitative estimate of drug-likeness (QED) is 0.161. The topological polar surface area (TPSA) is 125 Å². The predicted molar refractivity (Wildman–Crippen MR) is 206 cm³/mol. The van der Waals surface area contributed by atoms with Crippen molar-refractivity contribution < 1.29 is 36.9 Å². The minimum atomic E-state index is -3.92. The number of rotatable bonds is 19. The Morgan fingerprint density at radius 1 is 0.981 bits per heavy atom. The van der Waals surface area contributed by atoms with Gasteiger partial charge < -0.3 is 39.2 Å². The van der Waals surface area contributed by atoms with Crippen LogP contribution in [0.15, 0.2) is 71.6 Å². The number of benzene rings is 3. The number of aryl methyl sites for hydroxylation is 1. The number of amides is 1. The van der Waals surface area contributed by atoms with Crippen molar-refractivity contribution in [3.05, 3.63) is 89.0 Å². The van der Waals surface area contributed by atoms with E-state index in [0.29, 0.717) is 59.0 Å². The zero-order chi connectivity index (χ0) is 37.8. The van der Waals surface area contributed by atoms with E-state index in [4.69, 9.17) is 23.7 Å². The van der Waals surface area contributed by atoms with Gasteiger partial charge >= 0.3 is 0 Å². The van der Waals surface area contributed by atoms with Crippen molar-refractivity contribution in [3.63, 3.8) is 0 Å². The average molecular weight is 752 g/mol. The number of ether oxygens (including phenoxy) is 5. The first-order valence-electron chi connectivity index (χ1n) is 18.7. The van der Waals surface area contributed by atoms with Crippen LogP contribution in [-0.4, -0.2) is 99.0 Å². The molecule has 1 saturated heterocycles. The molecule has 2 unspecified atom stereocenters. The Balaban J connectivity index is 1.43. The second kappa shape index (κ2) is 19.7. The molecule has 0 aromatic heterocycles. The zero-order valence-electron chi connectivity index (χ0n) is 31.8. The first-order valence-corrected chi connectivity index (χ1v) is 20.3. The van der Waals surface area contributed by atoms with Crippen LogP contribution in [0.1, 0.15) is 54.4 Å². The third-order valence-corrected chi connectivity index (χ3v) is 12.7. The minimum absolute atomic E-state index is 0.144. The van der Waals surface area contributed by atoms with Gasteiger partial charge in [-0.3, -0.25) is 4.79 Å². The molecule has 5 rings (SSSR count). The number of nitrogens with one attached hydrogen (secondary N) is 2. The Bertz CT molecular complexity index is 1700. The number of anilines is 1. The summed E-state index contributed by atoms with van der Waals surface area (Å²) in [5, 5.41) is 5.31. The highest BCUT2D eigenvalue weighted by Gasteiger charge is 2.46. The molecule has 0 saturated carbocycles. The molecular formula is C41H57N3O8S. The normalized spacial score (nSPS) is 19.9. The number of fused-ring (bicyclic) bond motifs is 1. The van der Waals surface area contributed by atoms with Gasteiger partial charge in [-0.05, 0) is 67.1 Å². The third-order valence-electron chi connectivity index (χ3n) is 10.4. The fourth-order valence-corrected chi connectivity index (χ4v) is 9.70. The van der Waals surface area contributed by atoms with Crippen molar-refractivity contribution in [3.8, 4) is 5.75 Å². The number of carbonyl (C=O) groups is 1. The molecule has 3 aromatic carbocycles. The lowest BCUT2D eigenvalue weighted by Gasteiger charge is -2.42. The number of hydrogen-bond acceptors (Lipinski definition) is 10. The second-order valence-electron chi connectivity index (χ2n) is 13.9. The summed E-state index contributed by atoms with van der Waals surface area (Å²) in [5.74, 6) is -0.311. The minimum Gasteiger partial charge on any atom is -0.490 e. The smallest absolute Gasteiger partial charge is 0.224 e. The van der Waals surface area contributed by atoms with Crippen LogP contribution >= 0.6 is 0 Å².